The lowest BCUT2D eigenvalue weighted by molar-refractivity contribution is -0.128. The van der Waals surface area contributed by atoms with Gasteiger partial charge in [0.25, 0.3) is 11.8 Å². The van der Waals surface area contributed by atoms with Crippen molar-refractivity contribution in [1.29, 1.82) is 0 Å². The number of anilines is 1. The molecule has 1 unspecified atom stereocenters. The topological polar surface area (TPSA) is 119 Å². The van der Waals surface area contributed by atoms with Crippen molar-refractivity contribution in [3.8, 4) is 11.6 Å². The van der Waals surface area contributed by atoms with Crippen LogP contribution >= 0.6 is 11.6 Å². The Morgan fingerprint density at radius 3 is 2.61 bits per heavy atom. The molecule has 3 aromatic heterocycles. The number of hydrogen-bond donors (Lipinski definition) is 1. The van der Waals surface area contributed by atoms with Crippen molar-refractivity contribution < 1.29 is 22.8 Å². The molecule has 12 heteroatoms. The van der Waals surface area contributed by atoms with E-state index in [1.165, 1.54) is 23.3 Å². The van der Waals surface area contributed by atoms with E-state index in [1.54, 1.807) is 31.2 Å². The maximum Gasteiger partial charge on any atom is 0.251 e. The third kappa shape index (κ3) is 5.62. The Balaban J connectivity index is 1.73. The van der Waals surface area contributed by atoms with E-state index in [2.05, 4.69) is 20.7 Å². The summed E-state index contributed by atoms with van der Waals surface area (Å²) in [7, 11) is 0. The van der Waals surface area contributed by atoms with Crippen LogP contribution in [0.25, 0.3) is 11.6 Å². The molecule has 10 nitrogen and oxygen atoms in total. The molecular formula is C24H24ClFN6O4. The lowest BCUT2D eigenvalue weighted by atomic mass is 10.1. The molecule has 0 aliphatic carbocycles. The molecule has 0 aliphatic rings. The van der Waals surface area contributed by atoms with E-state index >= 15 is 0 Å². The quantitative estimate of drug-likeness (QED) is 0.390. The van der Waals surface area contributed by atoms with Crippen LogP contribution in [0.3, 0.4) is 0 Å². The van der Waals surface area contributed by atoms with Gasteiger partial charge in [0.05, 0.1) is 11.3 Å². The highest BCUT2D eigenvalue weighted by Gasteiger charge is 2.37. The van der Waals surface area contributed by atoms with Crippen molar-refractivity contribution in [2.24, 2.45) is 0 Å². The van der Waals surface area contributed by atoms with Gasteiger partial charge in [-0.25, -0.2) is 4.39 Å². The van der Waals surface area contributed by atoms with Gasteiger partial charge in [-0.15, -0.1) is 10.2 Å². The first-order valence-electron chi connectivity index (χ1n) is 11.0. The number of rotatable bonds is 7. The average Bonchev–Trinajstić information content (AvgIpc) is 3.55. The molecule has 0 fully saturated rings. The van der Waals surface area contributed by atoms with E-state index in [1.807, 2.05) is 20.8 Å². The number of furan rings is 2. The fraction of sp³-hybridized carbons (Fsp3) is 0.292. The molecule has 4 rings (SSSR count). The second-order valence-electron chi connectivity index (χ2n) is 9.07. The SMILES string of the molecule is Cc1ccc(-c2nnn(CC(=O)N(c3ccc(F)c(Cl)c3)C(C(=O)NC(C)(C)C)c3ccco3)n2)o1. The molecule has 3 heterocycles. The Hall–Kier alpha value is -3.99. The zero-order valence-corrected chi connectivity index (χ0v) is 20.8. The summed E-state index contributed by atoms with van der Waals surface area (Å²) in [5, 5.41) is 14.7. The number of hydrogen-bond acceptors (Lipinski definition) is 7. The highest BCUT2D eigenvalue weighted by Crippen LogP contribution is 2.32. The highest BCUT2D eigenvalue weighted by molar-refractivity contribution is 6.31. The van der Waals surface area contributed by atoms with Crippen LogP contribution < -0.4 is 10.2 Å². The molecule has 0 radical (unpaired) electrons. The summed E-state index contributed by atoms with van der Waals surface area (Å²) in [5.41, 5.74) is -0.431. The lowest BCUT2D eigenvalue weighted by Gasteiger charge is -2.32. The highest BCUT2D eigenvalue weighted by atomic mass is 35.5. The fourth-order valence-electron chi connectivity index (χ4n) is 3.49. The van der Waals surface area contributed by atoms with E-state index in [9.17, 15) is 14.0 Å². The third-order valence-electron chi connectivity index (χ3n) is 4.96. The first-order chi connectivity index (χ1) is 17.0. The number of nitrogens with zero attached hydrogens (tertiary/aromatic N) is 5. The molecule has 4 aromatic rings. The molecule has 0 bridgehead atoms. The second kappa shape index (κ2) is 9.94. The van der Waals surface area contributed by atoms with Crippen LogP contribution in [-0.4, -0.2) is 37.6 Å². The standard InChI is InChI=1S/C24H24ClFN6O4/c1-14-7-10-19(36-14)22-28-30-31(29-22)13-20(33)32(15-8-9-17(26)16(25)12-15)21(18-6-5-11-35-18)23(34)27-24(2,3)4/h5-12,21H,13H2,1-4H3,(H,27,34). The molecule has 2 amide bonds. The minimum atomic E-state index is -1.23. The first kappa shape index (κ1) is 25.1. The number of amides is 2. The zero-order valence-electron chi connectivity index (χ0n) is 20.0. The number of aromatic nitrogens is 4. The molecule has 0 saturated heterocycles. The lowest BCUT2D eigenvalue weighted by Crippen LogP contribution is -2.50. The Morgan fingerprint density at radius 1 is 1.22 bits per heavy atom. The Kier molecular flexibility index (Phi) is 6.93. The minimum Gasteiger partial charge on any atom is -0.467 e. The summed E-state index contributed by atoms with van der Waals surface area (Å²) in [6.45, 7) is 6.81. The second-order valence-corrected chi connectivity index (χ2v) is 9.48. The maximum absolute atomic E-state index is 14.0. The molecule has 1 N–H and O–H groups in total. The van der Waals surface area contributed by atoms with Crippen molar-refractivity contribution >= 4 is 29.1 Å². The van der Waals surface area contributed by atoms with Crippen LogP contribution in [-0.2, 0) is 16.1 Å². The van der Waals surface area contributed by atoms with Crippen LogP contribution in [0.5, 0.6) is 0 Å². The number of tetrazole rings is 1. The van der Waals surface area contributed by atoms with Gasteiger partial charge in [0.15, 0.2) is 11.8 Å². The van der Waals surface area contributed by atoms with Gasteiger partial charge in [0.1, 0.15) is 23.9 Å². The zero-order chi connectivity index (χ0) is 26.0. The maximum atomic E-state index is 14.0. The van der Waals surface area contributed by atoms with Crippen LogP contribution in [0.1, 0.15) is 38.3 Å². The number of nitrogens with one attached hydrogen (secondary N) is 1. The van der Waals surface area contributed by atoms with Crippen molar-refractivity contribution in [1.82, 2.24) is 25.5 Å². The van der Waals surface area contributed by atoms with Gasteiger partial charge in [-0.3, -0.25) is 14.5 Å². The first-order valence-corrected chi connectivity index (χ1v) is 11.4. The van der Waals surface area contributed by atoms with E-state index < -0.39 is 29.2 Å². The van der Waals surface area contributed by atoms with E-state index in [-0.39, 0.29) is 28.8 Å². The van der Waals surface area contributed by atoms with Crippen LogP contribution in [0.2, 0.25) is 5.02 Å². The molecule has 0 saturated carbocycles. The van der Waals surface area contributed by atoms with Gasteiger partial charge < -0.3 is 14.2 Å². The van der Waals surface area contributed by atoms with Crippen molar-refractivity contribution in [2.75, 3.05) is 4.90 Å². The fourth-order valence-corrected chi connectivity index (χ4v) is 3.67. The summed E-state index contributed by atoms with van der Waals surface area (Å²) in [4.78, 5) is 29.4. The van der Waals surface area contributed by atoms with Crippen LogP contribution in [0.15, 0.2) is 57.6 Å². The minimum absolute atomic E-state index is 0.179. The van der Waals surface area contributed by atoms with Crippen LogP contribution in [0.4, 0.5) is 10.1 Å². The van der Waals surface area contributed by atoms with E-state index in [0.717, 1.165) is 10.9 Å². The molecule has 1 aromatic carbocycles. The van der Waals surface area contributed by atoms with E-state index in [0.29, 0.717) is 11.5 Å². The summed E-state index contributed by atoms with van der Waals surface area (Å²) in [6.07, 6.45) is 1.39. The van der Waals surface area contributed by atoms with Crippen molar-refractivity contribution in [2.45, 2.75) is 45.8 Å². The number of benzene rings is 1. The normalized spacial score (nSPS) is 12.4. The molecule has 36 heavy (non-hydrogen) atoms. The van der Waals surface area contributed by atoms with Gasteiger partial charge >= 0.3 is 0 Å². The predicted molar refractivity (Wildman–Crippen MR) is 128 cm³/mol. The van der Waals surface area contributed by atoms with Crippen molar-refractivity contribution in [3.05, 3.63) is 71.1 Å². The molecule has 0 spiro atoms. The van der Waals surface area contributed by atoms with E-state index in [4.69, 9.17) is 20.4 Å². The molecular weight excluding hydrogens is 491 g/mol. The molecule has 188 valence electrons. The number of carbonyl (C=O) groups excluding carboxylic acids is 2. The molecule has 1 atom stereocenters. The van der Waals surface area contributed by atoms with Crippen molar-refractivity contribution in [3.63, 3.8) is 0 Å². The largest absolute Gasteiger partial charge is 0.467 e. The monoisotopic (exact) mass is 514 g/mol. The van der Waals surface area contributed by atoms with Gasteiger partial charge in [0.2, 0.25) is 5.82 Å². The number of halogens is 2. The Morgan fingerprint density at radius 2 is 2.00 bits per heavy atom. The number of carbonyl (C=O) groups is 2. The van der Waals surface area contributed by atoms with Gasteiger partial charge in [-0.05, 0) is 75.4 Å². The smallest absolute Gasteiger partial charge is 0.251 e. The third-order valence-corrected chi connectivity index (χ3v) is 5.25. The summed E-state index contributed by atoms with van der Waals surface area (Å²) in [5.74, 6) is -0.316. The molecule has 0 aliphatic heterocycles. The average molecular weight is 515 g/mol. The summed E-state index contributed by atoms with van der Waals surface area (Å²) in [6, 6.07) is 9.12. The van der Waals surface area contributed by atoms with Gasteiger partial charge in [-0.2, -0.15) is 4.80 Å². The summed E-state index contributed by atoms with van der Waals surface area (Å²) < 4.78 is 25.0. The van der Waals surface area contributed by atoms with Gasteiger partial charge in [0, 0.05) is 11.2 Å². The number of aryl methyl sites for hydroxylation is 1. The Labute approximate surface area is 211 Å². The predicted octanol–water partition coefficient (Wildman–Crippen LogP) is 4.32. The summed E-state index contributed by atoms with van der Waals surface area (Å²) >= 11 is 6.02. The van der Waals surface area contributed by atoms with Gasteiger partial charge in [-0.1, -0.05) is 11.6 Å². The Bertz CT molecular complexity index is 1380. The van der Waals surface area contributed by atoms with Crippen LogP contribution in [0, 0.1) is 12.7 Å².